The molecule has 0 radical (unpaired) electrons. The maximum Gasteiger partial charge on any atom is 0.0550 e. The summed E-state index contributed by atoms with van der Waals surface area (Å²) < 4.78 is 0. The van der Waals surface area contributed by atoms with Crippen molar-refractivity contribution >= 4 is 23.4 Å². The van der Waals surface area contributed by atoms with Crippen molar-refractivity contribution in [2.45, 2.75) is 23.6 Å². The fourth-order valence-corrected chi connectivity index (χ4v) is 2.37. The Kier molecular flexibility index (Phi) is 5.47. The lowest BCUT2D eigenvalue weighted by Gasteiger charge is -2.10. The van der Waals surface area contributed by atoms with Crippen molar-refractivity contribution in [1.82, 2.24) is 5.32 Å². The van der Waals surface area contributed by atoms with E-state index >= 15 is 0 Å². The summed E-state index contributed by atoms with van der Waals surface area (Å²) in [5, 5.41) is 13.0. The standard InChI is InChI=1S/C11H16ClNOS/c1-8(7-14)15-11-4-3-9(6-13-2)5-10(11)12/h3-5,8,13-14H,6-7H2,1-2H3. The predicted octanol–water partition coefficient (Wildman–Crippen LogP) is 2.53. The number of aliphatic hydroxyl groups is 1. The van der Waals surface area contributed by atoms with E-state index in [1.165, 1.54) is 5.56 Å². The second-order valence-electron chi connectivity index (χ2n) is 3.41. The van der Waals surface area contributed by atoms with Gasteiger partial charge in [-0.1, -0.05) is 24.6 Å². The third-order valence-electron chi connectivity index (χ3n) is 1.96. The van der Waals surface area contributed by atoms with Crippen LogP contribution in [0.3, 0.4) is 0 Å². The van der Waals surface area contributed by atoms with E-state index in [4.69, 9.17) is 16.7 Å². The van der Waals surface area contributed by atoms with Crippen LogP contribution in [0.25, 0.3) is 0 Å². The highest BCUT2D eigenvalue weighted by Gasteiger charge is 2.07. The van der Waals surface area contributed by atoms with Crippen LogP contribution in [-0.2, 0) is 6.54 Å². The summed E-state index contributed by atoms with van der Waals surface area (Å²) in [6, 6.07) is 6.02. The van der Waals surface area contributed by atoms with Crippen LogP contribution >= 0.6 is 23.4 Å². The minimum Gasteiger partial charge on any atom is -0.395 e. The summed E-state index contributed by atoms with van der Waals surface area (Å²) in [5.74, 6) is 0. The van der Waals surface area contributed by atoms with Crippen LogP contribution in [0.1, 0.15) is 12.5 Å². The fraction of sp³-hybridized carbons (Fsp3) is 0.455. The van der Waals surface area contributed by atoms with Crippen molar-refractivity contribution in [3.8, 4) is 0 Å². The molecule has 0 saturated carbocycles. The highest BCUT2D eigenvalue weighted by molar-refractivity contribution is 8.00. The number of hydrogen-bond acceptors (Lipinski definition) is 3. The van der Waals surface area contributed by atoms with Gasteiger partial charge in [-0.2, -0.15) is 0 Å². The van der Waals surface area contributed by atoms with Gasteiger partial charge in [-0.25, -0.2) is 0 Å². The summed E-state index contributed by atoms with van der Waals surface area (Å²) in [4.78, 5) is 1.03. The molecule has 0 bridgehead atoms. The monoisotopic (exact) mass is 245 g/mol. The highest BCUT2D eigenvalue weighted by Crippen LogP contribution is 2.30. The van der Waals surface area contributed by atoms with Crippen molar-refractivity contribution in [2.75, 3.05) is 13.7 Å². The second-order valence-corrected chi connectivity index (χ2v) is 5.29. The lowest BCUT2D eigenvalue weighted by molar-refractivity contribution is 0.300. The Balaban J connectivity index is 2.74. The Labute approximate surface area is 100 Å². The quantitative estimate of drug-likeness (QED) is 0.782. The molecule has 2 N–H and O–H groups in total. The van der Waals surface area contributed by atoms with Gasteiger partial charge in [0.2, 0.25) is 0 Å². The van der Waals surface area contributed by atoms with Gasteiger partial charge in [-0.05, 0) is 24.7 Å². The lowest BCUT2D eigenvalue weighted by Crippen LogP contribution is -2.05. The molecule has 4 heteroatoms. The average molecular weight is 246 g/mol. The SMILES string of the molecule is CNCc1ccc(SC(C)CO)c(Cl)c1. The van der Waals surface area contributed by atoms with Crippen LogP contribution in [0.15, 0.2) is 23.1 Å². The van der Waals surface area contributed by atoms with E-state index in [1.807, 2.05) is 26.1 Å². The van der Waals surface area contributed by atoms with Gasteiger partial charge < -0.3 is 10.4 Å². The molecule has 0 saturated heterocycles. The van der Waals surface area contributed by atoms with Gasteiger partial charge in [0.15, 0.2) is 0 Å². The van der Waals surface area contributed by atoms with E-state index in [9.17, 15) is 0 Å². The van der Waals surface area contributed by atoms with Crippen molar-refractivity contribution in [2.24, 2.45) is 0 Å². The number of halogens is 1. The van der Waals surface area contributed by atoms with Gasteiger partial charge in [0.1, 0.15) is 0 Å². The maximum atomic E-state index is 8.95. The largest absolute Gasteiger partial charge is 0.395 e. The zero-order valence-electron chi connectivity index (χ0n) is 8.96. The molecule has 1 rings (SSSR count). The zero-order valence-corrected chi connectivity index (χ0v) is 10.5. The van der Waals surface area contributed by atoms with Crippen molar-refractivity contribution in [3.05, 3.63) is 28.8 Å². The number of nitrogens with one attached hydrogen (secondary N) is 1. The smallest absolute Gasteiger partial charge is 0.0550 e. The van der Waals surface area contributed by atoms with Gasteiger partial charge >= 0.3 is 0 Å². The van der Waals surface area contributed by atoms with Crippen molar-refractivity contribution in [3.63, 3.8) is 0 Å². The Morgan fingerprint density at radius 2 is 2.27 bits per heavy atom. The molecular weight excluding hydrogens is 230 g/mol. The Morgan fingerprint density at radius 1 is 1.53 bits per heavy atom. The maximum absolute atomic E-state index is 8.95. The first-order valence-corrected chi connectivity index (χ1v) is 6.13. The first-order chi connectivity index (χ1) is 7.17. The molecule has 0 amide bonds. The first kappa shape index (κ1) is 12.8. The van der Waals surface area contributed by atoms with Crippen LogP contribution in [0.2, 0.25) is 5.02 Å². The minimum atomic E-state index is 0.166. The molecule has 1 unspecified atom stereocenters. The van der Waals surface area contributed by atoms with E-state index in [0.717, 1.165) is 16.5 Å². The van der Waals surface area contributed by atoms with E-state index < -0.39 is 0 Å². The van der Waals surface area contributed by atoms with Gasteiger partial charge in [-0.15, -0.1) is 11.8 Å². The number of rotatable bonds is 5. The molecule has 0 aliphatic heterocycles. The Bertz CT molecular complexity index is 319. The van der Waals surface area contributed by atoms with Gasteiger partial charge in [-0.3, -0.25) is 0 Å². The zero-order chi connectivity index (χ0) is 11.3. The van der Waals surface area contributed by atoms with E-state index in [1.54, 1.807) is 11.8 Å². The summed E-state index contributed by atoms with van der Waals surface area (Å²) in [5.41, 5.74) is 1.17. The molecular formula is C11H16ClNOS. The summed E-state index contributed by atoms with van der Waals surface area (Å²) in [7, 11) is 1.91. The molecule has 15 heavy (non-hydrogen) atoms. The highest BCUT2D eigenvalue weighted by atomic mass is 35.5. The molecule has 84 valence electrons. The van der Waals surface area contributed by atoms with Crippen LogP contribution < -0.4 is 5.32 Å². The summed E-state index contributed by atoms with van der Waals surface area (Å²) in [6.45, 7) is 2.96. The number of thioether (sulfide) groups is 1. The summed E-state index contributed by atoms with van der Waals surface area (Å²) >= 11 is 7.73. The van der Waals surface area contributed by atoms with Crippen molar-refractivity contribution < 1.29 is 5.11 Å². The van der Waals surface area contributed by atoms with Crippen molar-refractivity contribution in [1.29, 1.82) is 0 Å². The third-order valence-corrected chi connectivity index (χ3v) is 3.55. The normalized spacial score (nSPS) is 12.8. The van der Waals surface area contributed by atoms with Crippen LogP contribution in [0.5, 0.6) is 0 Å². The topological polar surface area (TPSA) is 32.3 Å². The molecule has 2 nitrogen and oxygen atoms in total. The second kappa shape index (κ2) is 6.38. The molecule has 1 atom stereocenters. The van der Waals surface area contributed by atoms with E-state index in [0.29, 0.717) is 0 Å². The number of benzene rings is 1. The minimum absolute atomic E-state index is 0.166. The van der Waals surface area contributed by atoms with E-state index in [2.05, 4.69) is 11.4 Å². The third kappa shape index (κ3) is 4.03. The van der Waals surface area contributed by atoms with Crippen LogP contribution in [0.4, 0.5) is 0 Å². The van der Waals surface area contributed by atoms with Crippen LogP contribution in [0, 0.1) is 0 Å². The number of aliphatic hydroxyl groups excluding tert-OH is 1. The van der Waals surface area contributed by atoms with E-state index in [-0.39, 0.29) is 11.9 Å². The fourth-order valence-electron chi connectivity index (χ4n) is 1.21. The number of hydrogen-bond donors (Lipinski definition) is 2. The molecule has 0 aliphatic carbocycles. The molecule has 0 heterocycles. The molecule has 0 spiro atoms. The Morgan fingerprint density at radius 3 is 2.80 bits per heavy atom. The average Bonchev–Trinajstić information content (AvgIpc) is 2.22. The molecule has 0 aromatic heterocycles. The van der Waals surface area contributed by atoms with Crippen LogP contribution in [-0.4, -0.2) is 24.0 Å². The molecule has 0 fully saturated rings. The summed E-state index contributed by atoms with van der Waals surface area (Å²) in [6.07, 6.45) is 0. The lowest BCUT2D eigenvalue weighted by atomic mass is 10.2. The van der Waals surface area contributed by atoms with Gasteiger partial charge in [0.25, 0.3) is 0 Å². The van der Waals surface area contributed by atoms with Gasteiger partial charge in [0.05, 0.1) is 11.6 Å². The Hall–Kier alpha value is -0.220. The predicted molar refractivity (Wildman–Crippen MR) is 66.6 cm³/mol. The molecule has 0 aliphatic rings. The molecule has 1 aromatic carbocycles. The van der Waals surface area contributed by atoms with Gasteiger partial charge in [0, 0.05) is 16.7 Å². The first-order valence-electron chi connectivity index (χ1n) is 4.88. The molecule has 1 aromatic rings.